The van der Waals surface area contributed by atoms with Crippen LogP contribution in [-0.4, -0.2) is 65.4 Å². The van der Waals surface area contributed by atoms with Gasteiger partial charge in [0.25, 0.3) is 10.0 Å². The quantitative estimate of drug-likeness (QED) is 0.275. The van der Waals surface area contributed by atoms with E-state index >= 15 is 0 Å². The first-order chi connectivity index (χ1) is 15.5. The fourth-order valence-electron chi connectivity index (χ4n) is 3.15. The molecule has 0 aliphatic carbocycles. The van der Waals surface area contributed by atoms with Crippen LogP contribution in [0.4, 0.5) is 5.69 Å². The lowest BCUT2D eigenvalue weighted by molar-refractivity contribution is 0.302. The number of nitrogens with zero attached hydrogens (tertiary/aromatic N) is 2. The number of rotatable bonds is 12. The highest BCUT2D eigenvalue weighted by Crippen LogP contribution is 2.25. The van der Waals surface area contributed by atoms with Crippen LogP contribution in [0.3, 0.4) is 0 Å². The summed E-state index contributed by atoms with van der Waals surface area (Å²) in [6, 6.07) is 11.7. The van der Waals surface area contributed by atoms with Gasteiger partial charge in [0, 0.05) is 30.9 Å². The van der Waals surface area contributed by atoms with Crippen LogP contribution in [-0.2, 0) is 14.8 Å². The average Bonchev–Trinajstić information content (AvgIpc) is 2.77. The van der Waals surface area contributed by atoms with Crippen LogP contribution in [0.5, 0.6) is 0 Å². The molecule has 0 saturated heterocycles. The van der Waals surface area contributed by atoms with Crippen molar-refractivity contribution in [1.82, 2.24) is 9.80 Å². The van der Waals surface area contributed by atoms with Gasteiger partial charge in [0.05, 0.1) is 4.90 Å². The lowest BCUT2D eigenvalue weighted by atomic mass is 10.0. The van der Waals surface area contributed by atoms with E-state index in [1.54, 1.807) is 18.2 Å². The molecular formula is C25H34N4O3S. The van der Waals surface area contributed by atoms with Gasteiger partial charge in [-0.25, -0.2) is 8.42 Å². The monoisotopic (exact) mass is 470 g/mol. The molecule has 0 aliphatic heterocycles. The molecule has 0 unspecified atom stereocenters. The second-order valence-corrected chi connectivity index (χ2v) is 9.95. The Labute approximate surface area is 197 Å². The minimum Gasteiger partial charge on any atom is -0.446 e. The highest BCUT2D eigenvalue weighted by Gasteiger charge is 2.15. The summed E-state index contributed by atoms with van der Waals surface area (Å²) < 4.78 is 33.4. The van der Waals surface area contributed by atoms with E-state index < -0.39 is 10.0 Å². The van der Waals surface area contributed by atoms with Crippen molar-refractivity contribution in [1.29, 1.82) is 5.41 Å². The minimum atomic E-state index is -3.76. The Bertz CT molecular complexity index is 1110. The van der Waals surface area contributed by atoms with Gasteiger partial charge in [0.15, 0.2) is 6.40 Å². The maximum Gasteiger partial charge on any atom is 0.261 e. The van der Waals surface area contributed by atoms with Crippen LogP contribution in [0.15, 0.2) is 60.0 Å². The van der Waals surface area contributed by atoms with E-state index in [9.17, 15) is 8.42 Å². The summed E-state index contributed by atoms with van der Waals surface area (Å²) in [5, 5.41) is 6.97. The summed E-state index contributed by atoms with van der Waals surface area (Å²) in [6.45, 7) is 10.5. The zero-order valence-electron chi connectivity index (χ0n) is 20.1. The molecule has 0 atom stereocenters. The van der Waals surface area contributed by atoms with Gasteiger partial charge in [-0.05, 0) is 88.1 Å². The van der Waals surface area contributed by atoms with Gasteiger partial charge in [-0.2, -0.15) is 0 Å². The molecule has 2 aromatic carbocycles. The maximum absolute atomic E-state index is 12.9. The van der Waals surface area contributed by atoms with E-state index in [1.165, 1.54) is 12.1 Å². The number of anilines is 1. The Morgan fingerprint density at radius 1 is 1.12 bits per heavy atom. The minimum absolute atomic E-state index is 0.130. The number of aryl methyl sites for hydroxylation is 1. The van der Waals surface area contributed by atoms with Gasteiger partial charge < -0.3 is 14.5 Å². The lowest BCUT2D eigenvalue weighted by Crippen LogP contribution is -2.28. The van der Waals surface area contributed by atoms with Crippen molar-refractivity contribution in [2.75, 3.05) is 45.5 Å². The van der Waals surface area contributed by atoms with Crippen molar-refractivity contribution in [3.8, 4) is 0 Å². The first-order valence-electron chi connectivity index (χ1n) is 10.6. The summed E-state index contributed by atoms with van der Waals surface area (Å²) in [7, 11) is 2.44. The van der Waals surface area contributed by atoms with Crippen LogP contribution in [0, 0.1) is 12.3 Å². The number of ether oxygens (including phenoxy) is 1. The molecule has 0 aliphatic rings. The fraction of sp³-hybridized carbons (Fsp3) is 0.320. The third kappa shape index (κ3) is 7.85. The van der Waals surface area contributed by atoms with Crippen LogP contribution >= 0.6 is 0 Å². The molecule has 2 N–H and O–H groups in total. The molecule has 0 radical (unpaired) electrons. The molecule has 178 valence electrons. The topological polar surface area (TPSA) is 85.7 Å². The molecule has 2 rings (SSSR count). The lowest BCUT2D eigenvalue weighted by Gasteiger charge is -2.18. The van der Waals surface area contributed by atoms with E-state index in [-0.39, 0.29) is 10.7 Å². The smallest absolute Gasteiger partial charge is 0.261 e. The molecule has 0 heterocycles. The molecule has 0 fully saturated rings. The third-order valence-corrected chi connectivity index (χ3v) is 6.64. The van der Waals surface area contributed by atoms with Crippen LogP contribution in [0.2, 0.25) is 0 Å². The maximum atomic E-state index is 12.9. The number of nitrogens with one attached hydrogen (secondary N) is 2. The fourth-order valence-corrected chi connectivity index (χ4v) is 4.20. The van der Waals surface area contributed by atoms with E-state index in [2.05, 4.69) is 48.3 Å². The number of benzene rings is 2. The largest absolute Gasteiger partial charge is 0.446 e. The second kappa shape index (κ2) is 11.8. The predicted octanol–water partition coefficient (Wildman–Crippen LogP) is 4.29. The van der Waals surface area contributed by atoms with Crippen molar-refractivity contribution >= 4 is 33.4 Å². The van der Waals surface area contributed by atoms with E-state index in [1.807, 2.05) is 26.0 Å². The predicted molar refractivity (Wildman–Crippen MR) is 137 cm³/mol. The van der Waals surface area contributed by atoms with Crippen molar-refractivity contribution in [2.24, 2.45) is 0 Å². The number of allylic oxidation sites excluding steroid dienone is 1. The van der Waals surface area contributed by atoms with Gasteiger partial charge in [-0.15, -0.1) is 0 Å². The Balaban J connectivity index is 2.16. The van der Waals surface area contributed by atoms with Gasteiger partial charge in [-0.3, -0.25) is 10.1 Å². The number of sulfonamides is 1. The summed E-state index contributed by atoms with van der Waals surface area (Å²) in [4.78, 5) is 4.53. The number of hydrogen-bond acceptors (Lipinski definition) is 6. The number of likely N-dealkylation sites (N-methyl/N-ethyl adjacent to an activating group) is 2. The summed E-state index contributed by atoms with van der Waals surface area (Å²) in [6.07, 6.45) is 2.94. The van der Waals surface area contributed by atoms with Gasteiger partial charge >= 0.3 is 0 Å². The number of hydrogen-bond donors (Lipinski definition) is 2. The first kappa shape index (κ1) is 26.3. The normalized spacial score (nSPS) is 12.2. The average molecular weight is 471 g/mol. The van der Waals surface area contributed by atoms with E-state index in [4.69, 9.17) is 10.1 Å². The summed E-state index contributed by atoms with van der Waals surface area (Å²) in [5.41, 5.74) is 4.29. The Morgan fingerprint density at radius 3 is 2.39 bits per heavy atom. The molecule has 33 heavy (non-hydrogen) atoms. The van der Waals surface area contributed by atoms with Crippen molar-refractivity contribution in [3.63, 3.8) is 0 Å². The van der Waals surface area contributed by atoms with Crippen molar-refractivity contribution in [3.05, 3.63) is 71.8 Å². The van der Waals surface area contributed by atoms with Crippen LogP contribution in [0.1, 0.15) is 23.6 Å². The summed E-state index contributed by atoms with van der Waals surface area (Å²) >= 11 is 0. The first-order valence-corrected chi connectivity index (χ1v) is 12.1. The van der Waals surface area contributed by atoms with Crippen molar-refractivity contribution < 1.29 is 13.2 Å². The Kier molecular flexibility index (Phi) is 9.40. The molecule has 0 amide bonds. The molecule has 7 nitrogen and oxygen atoms in total. The highest BCUT2D eigenvalue weighted by atomic mass is 32.2. The molecule has 0 bridgehead atoms. The SMILES string of the molecule is C=C(OC=N)c1ccc(S(=O)(=O)Nc2ccc(C)c(/C(C)=C\CN(C)CCN(C)C)c2)cc1. The molecule has 0 saturated carbocycles. The Hall–Kier alpha value is -2.94. The third-order valence-electron chi connectivity index (χ3n) is 5.24. The van der Waals surface area contributed by atoms with Crippen LogP contribution < -0.4 is 4.72 Å². The van der Waals surface area contributed by atoms with Gasteiger partial charge in [-0.1, -0.05) is 18.7 Å². The van der Waals surface area contributed by atoms with E-state index in [0.29, 0.717) is 11.3 Å². The standard InChI is InChI=1S/C25H34N4O3S/c1-19-7-10-23(17-25(19)20(2)13-14-29(6)16-15-28(4)5)27-33(30,31)24-11-8-22(9-12-24)21(3)32-18-26/h7-13,17-18,26-27H,3,14-16H2,1-2,4-6H3/b20-13-,26-18?. The summed E-state index contributed by atoms with van der Waals surface area (Å²) in [5.74, 6) is 0.278. The Morgan fingerprint density at radius 2 is 1.79 bits per heavy atom. The van der Waals surface area contributed by atoms with Gasteiger partial charge in [0.1, 0.15) is 5.76 Å². The van der Waals surface area contributed by atoms with E-state index in [0.717, 1.165) is 42.7 Å². The molecule has 0 spiro atoms. The second-order valence-electron chi connectivity index (χ2n) is 8.27. The van der Waals surface area contributed by atoms with Gasteiger partial charge in [0.2, 0.25) is 0 Å². The van der Waals surface area contributed by atoms with Crippen molar-refractivity contribution in [2.45, 2.75) is 18.7 Å². The molecule has 8 heteroatoms. The molecule has 2 aromatic rings. The zero-order valence-corrected chi connectivity index (χ0v) is 20.9. The zero-order chi connectivity index (χ0) is 24.6. The molecule has 0 aromatic heterocycles. The highest BCUT2D eigenvalue weighted by molar-refractivity contribution is 7.92. The van der Waals surface area contributed by atoms with Crippen LogP contribution in [0.25, 0.3) is 11.3 Å². The molecular weight excluding hydrogens is 436 g/mol.